The number of aryl methyl sites for hydroxylation is 1. The molecule has 0 saturated heterocycles. The molecule has 0 spiro atoms. The van der Waals surface area contributed by atoms with Crippen molar-refractivity contribution < 1.29 is 31.9 Å². The number of nitrogens with zero attached hydrogens (tertiary/aromatic N) is 1. The molecule has 0 aromatic heterocycles. The standard InChI is InChI=1S/C16H13ClF3NO5P/c1-25-27(24)7-6-10-8-12(3-4-14(10)21(22)23)26-15-5-2-11(9-13(15)17)16(18,19)20/h2-5,8-9H,6-7H2,1H3/q+1. The van der Waals surface area contributed by atoms with Crippen LogP contribution in [0.15, 0.2) is 36.4 Å². The van der Waals surface area contributed by atoms with Crippen molar-refractivity contribution in [1.82, 2.24) is 0 Å². The summed E-state index contributed by atoms with van der Waals surface area (Å²) in [4.78, 5) is 10.5. The number of ether oxygens (including phenoxy) is 1. The molecule has 1 unspecified atom stereocenters. The zero-order valence-corrected chi connectivity index (χ0v) is 15.5. The van der Waals surface area contributed by atoms with Crippen molar-refractivity contribution in [3.05, 3.63) is 62.7 Å². The van der Waals surface area contributed by atoms with Gasteiger partial charge in [-0.3, -0.25) is 10.1 Å². The molecule has 0 saturated carbocycles. The molecule has 0 heterocycles. The highest BCUT2D eigenvalue weighted by molar-refractivity contribution is 7.39. The van der Waals surface area contributed by atoms with Crippen LogP contribution in [0.25, 0.3) is 0 Å². The Hall–Kier alpha value is -2.22. The summed E-state index contributed by atoms with van der Waals surface area (Å²) in [6.07, 6.45) is -4.38. The second-order valence-corrected chi connectivity index (χ2v) is 7.17. The lowest BCUT2D eigenvalue weighted by atomic mass is 10.1. The van der Waals surface area contributed by atoms with E-state index in [9.17, 15) is 27.9 Å². The van der Waals surface area contributed by atoms with Crippen LogP contribution in [0.2, 0.25) is 5.02 Å². The van der Waals surface area contributed by atoms with Gasteiger partial charge >= 0.3 is 14.2 Å². The zero-order valence-electron chi connectivity index (χ0n) is 13.8. The highest BCUT2D eigenvalue weighted by Crippen LogP contribution is 2.37. The van der Waals surface area contributed by atoms with Gasteiger partial charge in [-0.15, -0.1) is 4.52 Å². The Morgan fingerprint density at radius 1 is 1.22 bits per heavy atom. The molecule has 0 aliphatic carbocycles. The second kappa shape index (κ2) is 8.65. The Bertz CT molecular complexity index is 876. The van der Waals surface area contributed by atoms with Crippen LogP contribution in [0, 0.1) is 10.1 Å². The molecule has 0 radical (unpaired) electrons. The number of hydrogen-bond donors (Lipinski definition) is 0. The van der Waals surface area contributed by atoms with E-state index in [4.69, 9.17) is 16.3 Å². The predicted molar refractivity (Wildman–Crippen MR) is 92.8 cm³/mol. The van der Waals surface area contributed by atoms with Gasteiger partial charge in [0, 0.05) is 18.1 Å². The van der Waals surface area contributed by atoms with Crippen molar-refractivity contribution in [2.24, 2.45) is 0 Å². The van der Waals surface area contributed by atoms with Gasteiger partial charge in [0.15, 0.2) is 6.16 Å². The van der Waals surface area contributed by atoms with Gasteiger partial charge in [0.25, 0.3) is 5.69 Å². The van der Waals surface area contributed by atoms with E-state index in [1.54, 1.807) is 0 Å². The summed E-state index contributed by atoms with van der Waals surface area (Å²) >= 11 is 5.84. The molecule has 0 N–H and O–H groups in total. The molecular weight excluding hydrogens is 410 g/mol. The van der Waals surface area contributed by atoms with Crippen molar-refractivity contribution in [2.45, 2.75) is 12.6 Å². The van der Waals surface area contributed by atoms with E-state index in [1.165, 1.54) is 25.3 Å². The summed E-state index contributed by atoms with van der Waals surface area (Å²) in [5, 5.41) is 10.9. The molecule has 6 nitrogen and oxygen atoms in total. The molecule has 144 valence electrons. The number of halogens is 4. The lowest BCUT2D eigenvalue weighted by Crippen LogP contribution is -2.04. The number of nitro groups is 1. The van der Waals surface area contributed by atoms with Crippen LogP contribution in [-0.2, 0) is 21.7 Å². The first-order valence-corrected chi connectivity index (χ1v) is 9.16. The molecule has 2 rings (SSSR count). The highest BCUT2D eigenvalue weighted by atomic mass is 35.5. The van der Waals surface area contributed by atoms with Crippen LogP contribution in [0.1, 0.15) is 11.1 Å². The van der Waals surface area contributed by atoms with Crippen molar-refractivity contribution in [3.8, 4) is 11.5 Å². The lowest BCUT2D eigenvalue weighted by molar-refractivity contribution is -0.385. The van der Waals surface area contributed by atoms with E-state index >= 15 is 0 Å². The quantitative estimate of drug-likeness (QED) is 0.311. The molecule has 1 atom stereocenters. The normalized spacial score (nSPS) is 12.0. The minimum absolute atomic E-state index is 0.0348. The lowest BCUT2D eigenvalue weighted by Gasteiger charge is -2.12. The Kier molecular flexibility index (Phi) is 6.75. The Balaban J connectivity index is 2.28. The number of hydrogen-bond acceptors (Lipinski definition) is 5. The highest BCUT2D eigenvalue weighted by Gasteiger charge is 2.31. The number of nitro benzene ring substituents is 1. The minimum atomic E-state index is -4.54. The van der Waals surface area contributed by atoms with Gasteiger partial charge in [0.1, 0.15) is 11.5 Å². The van der Waals surface area contributed by atoms with Gasteiger partial charge in [0.2, 0.25) is 0 Å². The van der Waals surface area contributed by atoms with Gasteiger partial charge in [0.05, 0.1) is 22.6 Å². The summed E-state index contributed by atoms with van der Waals surface area (Å²) < 4.78 is 59.6. The van der Waals surface area contributed by atoms with Crippen LogP contribution >= 0.6 is 19.6 Å². The summed E-state index contributed by atoms with van der Waals surface area (Å²) in [7, 11) is -0.689. The second-order valence-electron chi connectivity index (χ2n) is 5.28. The molecule has 0 fully saturated rings. The van der Waals surface area contributed by atoms with Gasteiger partial charge in [-0.1, -0.05) is 11.6 Å². The van der Waals surface area contributed by atoms with Crippen LogP contribution in [-0.4, -0.2) is 18.2 Å². The molecule has 2 aromatic carbocycles. The first kappa shape index (κ1) is 21.1. The first-order chi connectivity index (χ1) is 12.6. The van der Waals surface area contributed by atoms with Crippen LogP contribution in [0.4, 0.5) is 18.9 Å². The van der Waals surface area contributed by atoms with Crippen LogP contribution in [0.5, 0.6) is 11.5 Å². The third kappa shape index (κ3) is 5.63. The van der Waals surface area contributed by atoms with Crippen molar-refractivity contribution in [1.29, 1.82) is 0 Å². The van der Waals surface area contributed by atoms with Crippen LogP contribution in [0.3, 0.4) is 0 Å². The fraction of sp³-hybridized carbons (Fsp3) is 0.250. The van der Waals surface area contributed by atoms with E-state index in [2.05, 4.69) is 4.52 Å². The first-order valence-electron chi connectivity index (χ1n) is 7.42. The largest absolute Gasteiger partial charge is 0.508 e. The molecule has 0 aliphatic rings. The fourth-order valence-electron chi connectivity index (χ4n) is 2.19. The van der Waals surface area contributed by atoms with Crippen molar-refractivity contribution >= 4 is 25.3 Å². The van der Waals surface area contributed by atoms with Gasteiger partial charge in [-0.2, -0.15) is 13.2 Å². The molecule has 11 heteroatoms. The van der Waals surface area contributed by atoms with Gasteiger partial charge in [-0.25, -0.2) is 0 Å². The van der Waals surface area contributed by atoms with Gasteiger partial charge < -0.3 is 4.74 Å². The summed E-state index contributed by atoms with van der Waals surface area (Å²) in [5.41, 5.74) is -0.867. The molecule has 0 aliphatic heterocycles. The Morgan fingerprint density at radius 2 is 1.93 bits per heavy atom. The average Bonchev–Trinajstić information content (AvgIpc) is 2.60. The van der Waals surface area contributed by atoms with E-state index in [0.717, 1.165) is 18.2 Å². The zero-order chi connectivity index (χ0) is 20.2. The SMILES string of the molecule is CO[P+](=O)CCc1cc(Oc2ccc(C(F)(F)F)cc2Cl)ccc1[N+](=O)[O-]. The maximum absolute atomic E-state index is 12.7. The minimum Gasteiger partial charge on any atom is -0.456 e. The third-order valence-corrected chi connectivity index (χ3v) is 4.79. The molecule has 0 amide bonds. The summed E-state index contributed by atoms with van der Waals surface area (Å²) in [5.74, 6) is 0.109. The van der Waals surface area contributed by atoms with E-state index in [0.29, 0.717) is 0 Å². The van der Waals surface area contributed by atoms with Crippen LogP contribution < -0.4 is 4.74 Å². The molecule has 0 bridgehead atoms. The number of alkyl halides is 3. The molecule has 2 aromatic rings. The number of benzene rings is 2. The fourth-order valence-corrected chi connectivity index (χ4v) is 3.02. The predicted octanol–water partition coefficient (Wildman–Crippen LogP) is 5.99. The Morgan fingerprint density at radius 3 is 2.48 bits per heavy atom. The summed E-state index contributed by atoms with van der Waals surface area (Å²) in [6.45, 7) is 0. The van der Waals surface area contributed by atoms with Crippen molar-refractivity contribution in [2.75, 3.05) is 13.3 Å². The third-order valence-electron chi connectivity index (χ3n) is 3.50. The van der Waals surface area contributed by atoms with E-state index in [-0.39, 0.29) is 40.4 Å². The van der Waals surface area contributed by atoms with E-state index in [1.807, 2.05) is 0 Å². The Labute approximate surface area is 157 Å². The maximum Gasteiger partial charge on any atom is 0.508 e. The van der Waals surface area contributed by atoms with Crippen molar-refractivity contribution in [3.63, 3.8) is 0 Å². The van der Waals surface area contributed by atoms with E-state index < -0.39 is 24.7 Å². The average molecular weight is 423 g/mol. The molecular formula is C16H13ClF3NO5P+. The number of rotatable bonds is 7. The summed E-state index contributed by atoms with van der Waals surface area (Å²) in [6, 6.07) is 6.46. The topological polar surface area (TPSA) is 78.7 Å². The molecule has 27 heavy (non-hydrogen) atoms. The monoisotopic (exact) mass is 422 g/mol. The van der Waals surface area contributed by atoms with Gasteiger partial charge in [-0.05, 0) is 34.9 Å². The smallest absolute Gasteiger partial charge is 0.456 e. The maximum atomic E-state index is 12.7.